The summed E-state index contributed by atoms with van der Waals surface area (Å²) in [5.74, 6) is 1.27. The summed E-state index contributed by atoms with van der Waals surface area (Å²) < 4.78 is 7.58. The van der Waals surface area contributed by atoms with Gasteiger partial charge in [-0.25, -0.2) is 0 Å². The Kier molecular flexibility index (Phi) is 5.99. The normalized spacial score (nSPS) is 11.9. The SMILES string of the molecule is CN(C)C(=O)[C@H](Sc1nnc(-c2ccco2)n1Cc1ccccc1)c1ccccc1. The molecule has 0 aliphatic rings. The van der Waals surface area contributed by atoms with E-state index >= 15 is 0 Å². The van der Waals surface area contributed by atoms with Crippen molar-refractivity contribution >= 4 is 17.7 Å². The zero-order valence-electron chi connectivity index (χ0n) is 16.8. The summed E-state index contributed by atoms with van der Waals surface area (Å²) in [5.41, 5.74) is 2.04. The number of hydrogen-bond acceptors (Lipinski definition) is 5. The van der Waals surface area contributed by atoms with Crippen LogP contribution in [0.25, 0.3) is 11.6 Å². The smallest absolute Gasteiger partial charge is 0.240 e. The van der Waals surface area contributed by atoms with Gasteiger partial charge in [0.2, 0.25) is 11.7 Å². The van der Waals surface area contributed by atoms with E-state index in [1.165, 1.54) is 11.8 Å². The van der Waals surface area contributed by atoms with Crippen molar-refractivity contribution in [1.29, 1.82) is 0 Å². The lowest BCUT2D eigenvalue weighted by molar-refractivity contribution is -0.128. The van der Waals surface area contributed by atoms with E-state index < -0.39 is 5.25 Å². The van der Waals surface area contributed by atoms with Crippen molar-refractivity contribution in [3.63, 3.8) is 0 Å². The molecule has 7 heteroatoms. The van der Waals surface area contributed by atoms with Crippen molar-refractivity contribution < 1.29 is 9.21 Å². The third-order valence-corrected chi connectivity index (χ3v) is 5.85. The number of thioether (sulfide) groups is 1. The lowest BCUT2D eigenvalue weighted by Crippen LogP contribution is -2.27. The molecule has 0 aliphatic heterocycles. The fourth-order valence-corrected chi connectivity index (χ4v) is 4.28. The van der Waals surface area contributed by atoms with Gasteiger partial charge in [-0.15, -0.1) is 10.2 Å². The van der Waals surface area contributed by atoms with E-state index in [4.69, 9.17) is 4.42 Å². The van der Waals surface area contributed by atoms with E-state index in [1.807, 2.05) is 65.2 Å². The summed E-state index contributed by atoms with van der Waals surface area (Å²) in [6, 6.07) is 23.5. The van der Waals surface area contributed by atoms with Crippen LogP contribution in [0.4, 0.5) is 0 Å². The Morgan fingerprint density at radius 1 is 1.00 bits per heavy atom. The molecule has 0 fully saturated rings. The second-order valence-corrected chi connectivity index (χ2v) is 8.07. The average Bonchev–Trinajstić information content (AvgIpc) is 3.43. The number of rotatable bonds is 7. The molecule has 1 atom stereocenters. The van der Waals surface area contributed by atoms with Crippen LogP contribution in [-0.4, -0.2) is 39.7 Å². The molecule has 0 bridgehead atoms. The molecule has 2 heterocycles. The highest BCUT2D eigenvalue weighted by molar-refractivity contribution is 8.00. The van der Waals surface area contributed by atoms with Gasteiger partial charge in [-0.2, -0.15) is 0 Å². The summed E-state index contributed by atoms with van der Waals surface area (Å²) in [4.78, 5) is 14.6. The molecule has 0 saturated heterocycles. The minimum Gasteiger partial charge on any atom is -0.461 e. The zero-order valence-corrected chi connectivity index (χ0v) is 17.6. The Bertz CT molecular complexity index is 1090. The fourth-order valence-electron chi connectivity index (χ4n) is 3.10. The standard InChI is InChI=1S/C23H22N4O2S/c1-26(2)22(28)20(18-12-7-4-8-13-18)30-23-25-24-21(19-14-9-15-29-19)27(23)16-17-10-5-3-6-11-17/h3-15,20H,16H2,1-2H3/t20-/m1/s1. The molecule has 0 saturated carbocycles. The van der Waals surface area contributed by atoms with E-state index in [2.05, 4.69) is 22.3 Å². The second kappa shape index (κ2) is 9.00. The van der Waals surface area contributed by atoms with Crippen LogP contribution in [0.1, 0.15) is 16.4 Å². The third kappa shape index (κ3) is 4.31. The van der Waals surface area contributed by atoms with Gasteiger partial charge < -0.3 is 9.32 Å². The highest BCUT2D eigenvalue weighted by Gasteiger charge is 2.27. The highest BCUT2D eigenvalue weighted by atomic mass is 32.2. The maximum atomic E-state index is 13.0. The molecule has 0 unspecified atom stereocenters. The third-order valence-electron chi connectivity index (χ3n) is 4.63. The summed E-state index contributed by atoms with van der Waals surface area (Å²) in [6.07, 6.45) is 1.62. The molecular weight excluding hydrogens is 396 g/mol. The number of furan rings is 1. The van der Waals surface area contributed by atoms with Crippen LogP contribution in [0.3, 0.4) is 0 Å². The summed E-state index contributed by atoms with van der Waals surface area (Å²) in [6.45, 7) is 0.573. The van der Waals surface area contributed by atoms with Gasteiger partial charge in [0, 0.05) is 14.1 Å². The first-order valence-electron chi connectivity index (χ1n) is 9.57. The molecule has 4 aromatic rings. The lowest BCUT2D eigenvalue weighted by atomic mass is 10.1. The molecule has 0 spiro atoms. The molecule has 6 nitrogen and oxygen atoms in total. The van der Waals surface area contributed by atoms with Gasteiger partial charge in [0.25, 0.3) is 0 Å². The summed E-state index contributed by atoms with van der Waals surface area (Å²) in [5, 5.41) is 9.03. The van der Waals surface area contributed by atoms with Gasteiger partial charge in [0.1, 0.15) is 5.25 Å². The number of amides is 1. The number of aromatic nitrogens is 3. The van der Waals surface area contributed by atoms with E-state index in [0.29, 0.717) is 23.3 Å². The quantitative estimate of drug-likeness (QED) is 0.413. The molecular formula is C23H22N4O2S. The van der Waals surface area contributed by atoms with Crippen LogP contribution in [0.2, 0.25) is 0 Å². The maximum absolute atomic E-state index is 13.0. The van der Waals surface area contributed by atoms with Gasteiger partial charge in [0.15, 0.2) is 10.9 Å². The van der Waals surface area contributed by atoms with Crippen molar-refractivity contribution in [2.24, 2.45) is 0 Å². The van der Waals surface area contributed by atoms with Crippen molar-refractivity contribution in [2.45, 2.75) is 17.0 Å². The minimum absolute atomic E-state index is 0.00000900. The Hall–Kier alpha value is -3.32. The number of hydrogen-bond donors (Lipinski definition) is 0. The van der Waals surface area contributed by atoms with Gasteiger partial charge in [-0.3, -0.25) is 9.36 Å². The van der Waals surface area contributed by atoms with E-state index in [9.17, 15) is 4.79 Å². The van der Waals surface area contributed by atoms with Crippen LogP contribution in [0, 0.1) is 0 Å². The molecule has 152 valence electrons. The predicted molar refractivity (Wildman–Crippen MR) is 117 cm³/mol. The van der Waals surface area contributed by atoms with Gasteiger partial charge in [-0.05, 0) is 23.3 Å². The minimum atomic E-state index is -0.427. The highest BCUT2D eigenvalue weighted by Crippen LogP contribution is 2.37. The molecule has 4 rings (SSSR count). The number of benzene rings is 2. The first kappa shape index (κ1) is 20.0. The van der Waals surface area contributed by atoms with E-state index in [1.54, 1.807) is 25.3 Å². The molecule has 0 N–H and O–H groups in total. The lowest BCUT2D eigenvalue weighted by Gasteiger charge is -2.20. The molecule has 0 radical (unpaired) electrons. The summed E-state index contributed by atoms with van der Waals surface area (Å²) in [7, 11) is 3.53. The average molecular weight is 419 g/mol. The zero-order chi connectivity index (χ0) is 20.9. The van der Waals surface area contributed by atoms with E-state index in [-0.39, 0.29) is 5.91 Å². The Balaban J connectivity index is 1.74. The van der Waals surface area contributed by atoms with E-state index in [0.717, 1.165) is 11.1 Å². The topological polar surface area (TPSA) is 64.2 Å². The molecule has 2 aromatic heterocycles. The van der Waals surface area contributed by atoms with Crippen LogP contribution in [0.5, 0.6) is 0 Å². The Morgan fingerprint density at radius 2 is 1.70 bits per heavy atom. The Labute approximate surface area is 179 Å². The number of likely N-dealkylation sites (N-methyl/N-ethyl adjacent to an activating group) is 1. The van der Waals surface area contributed by atoms with Gasteiger partial charge in [-0.1, -0.05) is 72.4 Å². The van der Waals surface area contributed by atoms with Gasteiger partial charge in [0.05, 0.1) is 12.8 Å². The number of carbonyl (C=O) groups excluding carboxylic acids is 1. The molecule has 30 heavy (non-hydrogen) atoms. The van der Waals surface area contributed by atoms with Crippen LogP contribution in [-0.2, 0) is 11.3 Å². The van der Waals surface area contributed by atoms with Crippen molar-refractivity contribution in [3.05, 3.63) is 90.2 Å². The van der Waals surface area contributed by atoms with Crippen LogP contribution in [0.15, 0.2) is 88.6 Å². The van der Waals surface area contributed by atoms with Crippen molar-refractivity contribution in [1.82, 2.24) is 19.7 Å². The number of nitrogens with zero attached hydrogens (tertiary/aromatic N) is 4. The monoisotopic (exact) mass is 418 g/mol. The first-order valence-corrected chi connectivity index (χ1v) is 10.4. The van der Waals surface area contributed by atoms with Crippen molar-refractivity contribution in [2.75, 3.05) is 14.1 Å². The van der Waals surface area contributed by atoms with Crippen molar-refractivity contribution in [3.8, 4) is 11.6 Å². The van der Waals surface area contributed by atoms with Crippen LogP contribution < -0.4 is 0 Å². The van der Waals surface area contributed by atoms with Crippen LogP contribution >= 0.6 is 11.8 Å². The molecule has 1 amide bonds. The first-order chi connectivity index (χ1) is 14.6. The maximum Gasteiger partial charge on any atom is 0.240 e. The predicted octanol–water partition coefficient (Wildman–Crippen LogP) is 4.51. The largest absolute Gasteiger partial charge is 0.461 e. The fraction of sp³-hybridized carbons (Fsp3) is 0.174. The van der Waals surface area contributed by atoms with Gasteiger partial charge >= 0.3 is 0 Å². The summed E-state index contributed by atoms with van der Waals surface area (Å²) >= 11 is 1.40. The molecule has 0 aliphatic carbocycles. The second-order valence-electron chi connectivity index (χ2n) is 7.00. The number of carbonyl (C=O) groups is 1. The molecule has 2 aromatic carbocycles. The Morgan fingerprint density at radius 3 is 2.33 bits per heavy atom.